The summed E-state index contributed by atoms with van der Waals surface area (Å²) in [7, 11) is 0. The van der Waals surface area contributed by atoms with Gasteiger partial charge in [-0.05, 0) is 0 Å². The molecule has 7 heteroatoms. The van der Waals surface area contributed by atoms with Crippen LogP contribution < -0.4 is 0 Å². The molecule has 0 aromatic heterocycles. The van der Waals surface area contributed by atoms with Crippen molar-refractivity contribution in [1.29, 1.82) is 0 Å². The molecule has 0 fully saturated rings. The number of hydrogen-bond donors (Lipinski definition) is 0. The third-order valence-corrected chi connectivity index (χ3v) is 8.35. The van der Waals surface area contributed by atoms with E-state index in [-0.39, 0.29) is 0 Å². The predicted molar refractivity (Wildman–Crippen MR) is 123 cm³/mol. The molecule has 0 amide bonds. The first kappa shape index (κ1) is 31.9. The molecule has 6 nitrogen and oxygen atoms in total. The molecule has 186 valence electrons. The summed E-state index contributed by atoms with van der Waals surface area (Å²) < 4.78 is 34.8. The van der Waals surface area contributed by atoms with Gasteiger partial charge in [-0.3, -0.25) is 0 Å². The molecule has 0 aromatic rings. The van der Waals surface area contributed by atoms with Crippen molar-refractivity contribution in [1.82, 2.24) is 0 Å². The summed E-state index contributed by atoms with van der Waals surface area (Å²) in [4.78, 5) is 0. The molecule has 31 heavy (non-hydrogen) atoms. The monoisotopic (exact) mass is 524 g/mol. The molecule has 0 unspecified atom stereocenters. The Bertz CT molecular complexity index is 275. The second-order valence-electron chi connectivity index (χ2n) is 7.92. The van der Waals surface area contributed by atoms with E-state index >= 15 is 0 Å². The fourth-order valence-electron chi connectivity index (χ4n) is 2.87. The van der Waals surface area contributed by atoms with E-state index in [4.69, 9.17) is 20.4 Å². The van der Waals surface area contributed by atoms with Gasteiger partial charge in [0.05, 0.1) is 0 Å². The van der Waals surface area contributed by atoms with Crippen LogP contribution >= 0.6 is 0 Å². The molecule has 0 aliphatic heterocycles. The summed E-state index contributed by atoms with van der Waals surface area (Å²) >= 11 is -2.80. The first-order valence-corrected chi connectivity index (χ1v) is 16.4. The zero-order chi connectivity index (χ0) is 22.7. The topological polar surface area (TPSA) is 55.4 Å². The van der Waals surface area contributed by atoms with Crippen LogP contribution in [0.2, 0.25) is 0 Å². The summed E-state index contributed by atoms with van der Waals surface area (Å²) in [5, 5.41) is 0. The van der Waals surface area contributed by atoms with Crippen LogP contribution in [0.5, 0.6) is 0 Å². The van der Waals surface area contributed by atoms with Gasteiger partial charge in [0.15, 0.2) is 0 Å². The van der Waals surface area contributed by atoms with Gasteiger partial charge >= 0.3 is 207 Å². The summed E-state index contributed by atoms with van der Waals surface area (Å²) in [6.07, 6.45) is 13.1. The maximum atomic E-state index is 6.06. The minimum atomic E-state index is -2.80. The fraction of sp³-hybridized carbons (Fsp3) is 1.00. The minimum absolute atomic E-state index is 0.754. The third-order valence-electron chi connectivity index (χ3n) is 4.61. The third kappa shape index (κ3) is 27.0. The molecule has 0 radical (unpaired) electrons. The number of unbranched alkanes of at least 4 members (excludes halogenated alkanes) is 6. The Morgan fingerprint density at radius 3 is 0.935 bits per heavy atom. The molecule has 0 aliphatic rings. The van der Waals surface area contributed by atoms with Gasteiger partial charge in [0.1, 0.15) is 0 Å². The molecule has 0 bridgehead atoms. The standard InChI is InChI=1S/3C8H17O2.Y/c3*1-2-7-10-8-5-3-4-6-9;/h3*2-8H2,1H3;/q3*-1;+3. The molecule has 0 atom stereocenters. The molecule has 0 rings (SSSR count). The molecule has 0 heterocycles. The summed E-state index contributed by atoms with van der Waals surface area (Å²) in [5.74, 6) is 0. The van der Waals surface area contributed by atoms with Crippen molar-refractivity contribution >= 4 is 0 Å². The Morgan fingerprint density at radius 1 is 0.355 bits per heavy atom. The number of hydrogen-bond acceptors (Lipinski definition) is 6. The van der Waals surface area contributed by atoms with E-state index in [1.165, 1.54) is 0 Å². The van der Waals surface area contributed by atoms with Gasteiger partial charge in [0.25, 0.3) is 0 Å². The molecular weight excluding hydrogens is 473 g/mol. The van der Waals surface area contributed by atoms with Gasteiger partial charge in [-0.25, -0.2) is 0 Å². The first-order valence-electron chi connectivity index (χ1n) is 12.9. The van der Waals surface area contributed by atoms with Crippen LogP contribution in [-0.4, -0.2) is 59.5 Å². The van der Waals surface area contributed by atoms with Crippen molar-refractivity contribution in [2.45, 2.75) is 97.8 Å². The second-order valence-corrected chi connectivity index (χ2v) is 11.8. The molecule has 0 saturated heterocycles. The quantitative estimate of drug-likeness (QED) is 0.120. The average Bonchev–Trinajstić information content (AvgIpc) is 2.78. The Balaban J connectivity index is 3.82. The molecule has 0 spiro atoms. The van der Waals surface area contributed by atoms with Crippen molar-refractivity contribution in [3.05, 3.63) is 0 Å². The van der Waals surface area contributed by atoms with Gasteiger partial charge in [0, 0.05) is 0 Å². The van der Waals surface area contributed by atoms with Crippen LogP contribution in [-0.2, 0) is 49.3 Å². The summed E-state index contributed by atoms with van der Waals surface area (Å²) in [5.41, 5.74) is 0. The SMILES string of the molecule is CCCOCCCCC[O][Y]([O]CCCCCOCCC)[O]CCCCCOCCC. The predicted octanol–water partition coefficient (Wildman–Crippen LogP) is 6.19. The van der Waals surface area contributed by atoms with E-state index in [0.29, 0.717) is 0 Å². The second kappa shape index (κ2) is 28.9. The Morgan fingerprint density at radius 2 is 0.645 bits per heavy atom. The zero-order valence-electron chi connectivity index (χ0n) is 20.9. The summed E-state index contributed by atoms with van der Waals surface area (Å²) in [6, 6.07) is 0. The van der Waals surface area contributed by atoms with E-state index in [0.717, 1.165) is 137 Å². The van der Waals surface area contributed by atoms with E-state index in [1.807, 2.05) is 0 Å². The van der Waals surface area contributed by atoms with Crippen molar-refractivity contribution in [2.75, 3.05) is 59.5 Å². The number of rotatable bonds is 27. The van der Waals surface area contributed by atoms with E-state index in [1.54, 1.807) is 0 Å². The van der Waals surface area contributed by atoms with Gasteiger partial charge in [0.2, 0.25) is 0 Å². The van der Waals surface area contributed by atoms with Crippen molar-refractivity contribution in [3.63, 3.8) is 0 Å². The molecule has 0 aromatic carbocycles. The first-order chi connectivity index (χ1) is 15.3. The van der Waals surface area contributed by atoms with Crippen molar-refractivity contribution < 1.29 is 49.3 Å². The van der Waals surface area contributed by atoms with E-state index in [2.05, 4.69) is 20.8 Å². The maximum absolute atomic E-state index is 6.06. The molecular formula is C24H51O6Y. The number of ether oxygens (including phenoxy) is 3. The molecule has 0 saturated carbocycles. The molecule has 0 N–H and O–H groups in total. The van der Waals surface area contributed by atoms with Gasteiger partial charge in [-0.1, -0.05) is 0 Å². The summed E-state index contributed by atoms with van der Waals surface area (Å²) in [6.45, 7) is 13.9. The van der Waals surface area contributed by atoms with Crippen LogP contribution in [0.3, 0.4) is 0 Å². The zero-order valence-corrected chi connectivity index (χ0v) is 23.7. The van der Waals surface area contributed by atoms with Crippen LogP contribution in [0.25, 0.3) is 0 Å². The molecule has 0 aliphatic carbocycles. The van der Waals surface area contributed by atoms with Crippen molar-refractivity contribution in [3.8, 4) is 0 Å². The van der Waals surface area contributed by atoms with Crippen LogP contribution in [0.1, 0.15) is 97.8 Å². The normalized spacial score (nSPS) is 11.3. The van der Waals surface area contributed by atoms with Crippen LogP contribution in [0, 0.1) is 0 Å². The van der Waals surface area contributed by atoms with Crippen LogP contribution in [0.15, 0.2) is 0 Å². The Hall–Kier alpha value is 0.864. The Labute approximate surface area is 205 Å². The Kier molecular flexibility index (Phi) is 29.7. The van der Waals surface area contributed by atoms with E-state index < -0.39 is 29.0 Å². The average molecular weight is 525 g/mol. The van der Waals surface area contributed by atoms with Gasteiger partial charge < -0.3 is 0 Å². The fourth-order valence-corrected chi connectivity index (χ4v) is 6.23. The van der Waals surface area contributed by atoms with Gasteiger partial charge in [-0.2, -0.15) is 0 Å². The van der Waals surface area contributed by atoms with Crippen LogP contribution in [0.4, 0.5) is 0 Å². The van der Waals surface area contributed by atoms with E-state index in [9.17, 15) is 0 Å². The van der Waals surface area contributed by atoms with Gasteiger partial charge in [-0.15, -0.1) is 0 Å². The van der Waals surface area contributed by atoms with Crippen molar-refractivity contribution in [2.24, 2.45) is 0 Å².